The molecule has 5 nitrogen and oxygen atoms in total. The van der Waals surface area contributed by atoms with E-state index in [1.807, 2.05) is 17.5 Å². The first-order valence-electron chi connectivity index (χ1n) is 8.08. The molecule has 2 aromatic heterocycles. The van der Waals surface area contributed by atoms with Crippen LogP contribution in [0.4, 0.5) is 5.69 Å². The van der Waals surface area contributed by atoms with E-state index in [0.717, 1.165) is 16.2 Å². The summed E-state index contributed by atoms with van der Waals surface area (Å²) >= 11 is 2.74. The van der Waals surface area contributed by atoms with Crippen molar-refractivity contribution in [3.05, 3.63) is 82.4 Å². The largest absolute Gasteiger partial charge is 0.330 e. The Morgan fingerprint density at radius 2 is 1.78 bits per heavy atom. The van der Waals surface area contributed by atoms with Crippen molar-refractivity contribution in [2.45, 2.75) is 10.8 Å². The summed E-state index contributed by atoms with van der Waals surface area (Å²) in [5, 5.41) is 3.68. The molecule has 27 heavy (non-hydrogen) atoms. The number of hydrogen-bond donors (Lipinski definition) is 1. The summed E-state index contributed by atoms with van der Waals surface area (Å²) in [5.74, 6) is -0.129. The van der Waals surface area contributed by atoms with Gasteiger partial charge in [-0.05, 0) is 47.2 Å². The molecule has 1 N–H and O–H groups in total. The topological polar surface area (TPSA) is 66.5 Å². The van der Waals surface area contributed by atoms with Gasteiger partial charge in [-0.1, -0.05) is 18.2 Å². The van der Waals surface area contributed by atoms with E-state index in [-0.39, 0.29) is 10.1 Å². The van der Waals surface area contributed by atoms with Crippen molar-refractivity contribution < 1.29 is 13.2 Å². The zero-order valence-electron chi connectivity index (χ0n) is 14.4. The van der Waals surface area contributed by atoms with Gasteiger partial charge in [-0.3, -0.25) is 9.52 Å². The number of anilines is 1. The third kappa shape index (κ3) is 4.85. The van der Waals surface area contributed by atoms with Crippen LogP contribution in [0.15, 0.2) is 76.2 Å². The van der Waals surface area contributed by atoms with Crippen LogP contribution in [-0.2, 0) is 16.6 Å². The van der Waals surface area contributed by atoms with Gasteiger partial charge in [-0.15, -0.1) is 29.3 Å². The monoisotopic (exact) mass is 418 g/mol. The highest BCUT2D eigenvalue weighted by atomic mass is 32.2. The number of amides is 1. The Morgan fingerprint density at radius 3 is 2.37 bits per heavy atom. The SMILES string of the molecule is C=CCN(Cc1cccs1)C(=O)c1ccc(NS(=O)(=O)c2cccs2)cc1. The molecule has 0 radical (unpaired) electrons. The first kappa shape index (κ1) is 19.3. The molecule has 0 aliphatic heterocycles. The molecule has 1 aromatic carbocycles. The molecule has 3 rings (SSSR count). The summed E-state index contributed by atoms with van der Waals surface area (Å²) in [6, 6.07) is 13.6. The molecule has 140 valence electrons. The number of thiophene rings is 2. The van der Waals surface area contributed by atoms with Crippen LogP contribution in [0.3, 0.4) is 0 Å². The van der Waals surface area contributed by atoms with Crippen LogP contribution < -0.4 is 4.72 Å². The van der Waals surface area contributed by atoms with E-state index in [4.69, 9.17) is 0 Å². The minimum absolute atomic E-state index is 0.129. The van der Waals surface area contributed by atoms with Crippen molar-refractivity contribution in [1.82, 2.24) is 4.90 Å². The zero-order chi connectivity index (χ0) is 19.3. The zero-order valence-corrected chi connectivity index (χ0v) is 16.8. The van der Waals surface area contributed by atoms with Crippen molar-refractivity contribution in [2.24, 2.45) is 0 Å². The number of sulfonamides is 1. The Kier molecular flexibility index (Phi) is 6.10. The van der Waals surface area contributed by atoms with Crippen LogP contribution in [0.2, 0.25) is 0 Å². The number of hydrogen-bond acceptors (Lipinski definition) is 5. The maximum absolute atomic E-state index is 12.8. The molecule has 0 saturated heterocycles. The highest BCUT2D eigenvalue weighted by Gasteiger charge is 2.17. The molecule has 0 bridgehead atoms. The lowest BCUT2D eigenvalue weighted by atomic mass is 10.2. The minimum Gasteiger partial charge on any atom is -0.330 e. The third-order valence-corrected chi connectivity index (χ3v) is 7.35. The van der Waals surface area contributed by atoms with Gasteiger partial charge in [-0.2, -0.15) is 0 Å². The molecule has 8 heteroatoms. The van der Waals surface area contributed by atoms with Crippen LogP contribution in [-0.4, -0.2) is 25.8 Å². The van der Waals surface area contributed by atoms with Gasteiger partial charge in [0.15, 0.2) is 0 Å². The molecule has 3 aromatic rings. The van der Waals surface area contributed by atoms with Gasteiger partial charge in [0.25, 0.3) is 15.9 Å². The Hall–Kier alpha value is -2.42. The predicted octanol–water partition coefficient (Wildman–Crippen LogP) is 4.44. The number of carbonyl (C=O) groups is 1. The molecule has 1 amide bonds. The van der Waals surface area contributed by atoms with Crippen LogP contribution in [0.5, 0.6) is 0 Å². The molecule has 0 aliphatic rings. The van der Waals surface area contributed by atoms with Crippen molar-refractivity contribution in [3.63, 3.8) is 0 Å². The van der Waals surface area contributed by atoms with Gasteiger partial charge in [0.2, 0.25) is 0 Å². The smallest absolute Gasteiger partial charge is 0.271 e. The minimum atomic E-state index is -3.60. The van der Waals surface area contributed by atoms with E-state index in [0.29, 0.717) is 24.3 Å². The van der Waals surface area contributed by atoms with E-state index in [1.165, 1.54) is 0 Å². The third-order valence-electron chi connectivity index (χ3n) is 3.71. The van der Waals surface area contributed by atoms with Gasteiger partial charge in [0.1, 0.15) is 4.21 Å². The molecule has 2 heterocycles. The van der Waals surface area contributed by atoms with Crippen LogP contribution in [0.1, 0.15) is 15.2 Å². The summed E-state index contributed by atoms with van der Waals surface area (Å²) in [6.07, 6.45) is 1.69. The van der Waals surface area contributed by atoms with Gasteiger partial charge in [0, 0.05) is 22.7 Å². The highest BCUT2D eigenvalue weighted by Crippen LogP contribution is 2.21. The fraction of sp³-hybridized carbons (Fsp3) is 0.105. The summed E-state index contributed by atoms with van der Waals surface area (Å²) in [6.45, 7) is 4.66. The predicted molar refractivity (Wildman–Crippen MR) is 111 cm³/mol. The first-order chi connectivity index (χ1) is 13.0. The molecule has 0 fully saturated rings. The van der Waals surface area contributed by atoms with E-state index in [9.17, 15) is 13.2 Å². The number of carbonyl (C=O) groups excluding carboxylic acids is 1. The maximum Gasteiger partial charge on any atom is 0.271 e. The number of nitrogens with one attached hydrogen (secondary N) is 1. The van der Waals surface area contributed by atoms with Crippen molar-refractivity contribution in [3.8, 4) is 0 Å². The van der Waals surface area contributed by atoms with E-state index >= 15 is 0 Å². The summed E-state index contributed by atoms with van der Waals surface area (Å²) in [4.78, 5) is 15.6. The Morgan fingerprint density at radius 1 is 1.07 bits per heavy atom. The van der Waals surface area contributed by atoms with E-state index in [1.54, 1.807) is 64.1 Å². The fourth-order valence-electron chi connectivity index (χ4n) is 2.45. The second-order valence-corrected chi connectivity index (χ2v) is 9.56. The van der Waals surface area contributed by atoms with Crippen LogP contribution in [0, 0.1) is 0 Å². The second-order valence-electron chi connectivity index (χ2n) is 5.67. The van der Waals surface area contributed by atoms with Crippen molar-refractivity contribution >= 4 is 44.3 Å². The van der Waals surface area contributed by atoms with E-state index in [2.05, 4.69) is 11.3 Å². The Bertz CT molecular complexity index is 993. The highest BCUT2D eigenvalue weighted by molar-refractivity contribution is 7.94. The first-order valence-corrected chi connectivity index (χ1v) is 11.3. The quantitative estimate of drug-likeness (QED) is 0.550. The average Bonchev–Trinajstić information content (AvgIpc) is 3.35. The fourth-order valence-corrected chi connectivity index (χ4v) is 5.22. The second kappa shape index (κ2) is 8.51. The van der Waals surface area contributed by atoms with Crippen LogP contribution in [0.25, 0.3) is 0 Å². The van der Waals surface area contributed by atoms with E-state index < -0.39 is 10.0 Å². The number of rotatable bonds is 8. The van der Waals surface area contributed by atoms with Gasteiger partial charge in [-0.25, -0.2) is 8.42 Å². The number of benzene rings is 1. The lowest BCUT2D eigenvalue weighted by Gasteiger charge is -2.20. The van der Waals surface area contributed by atoms with Crippen LogP contribution >= 0.6 is 22.7 Å². The molecule has 0 aliphatic carbocycles. The van der Waals surface area contributed by atoms with Crippen molar-refractivity contribution in [2.75, 3.05) is 11.3 Å². The maximum atomic E-state index is 12.8. The Balaban J connectivity index is 1.73. The molecular formula is C19H18N2O3S3. The summed E-state index contributed by atoms with van der Waals surface area (Å²) < 4.78 is 27.3. The van der Waals surface area contributed by atoms with Crippen molar-refractivity contribution in [1.29, 1.82) is 0 Å². The Labute approximate surface area is 166 Å². The van der Waals surface area contributed by atoms with Gasteiger partial charge < -0.3 is 4.90 Å². The lowest BCUT2D eigenvalue weighted by molar-refractivity contribution is 0.0764. The van der Waals surface area contributed by atoms with Gasteiger partial charge in [0.05, 0.1) is 6.54 Å². The standard InChI is InChI=1S/C19H18N2O3S3/c1-2-11-21(14-17-5-3-12-25-17)19(22)15-7-9-16(10-8-15)20-27(23,24)18-6-4-13-26-18/h2-10,12-13,20H,1,11,14H2. The average molecular weight is 419 g/mol. The summed E-state index contributed by atoms with van der Waals surface area (Å²) in [5.41, 5.74) is 0.904. The molecule has 0 unspecified atom stereocenters. The summed E-state index contributed by atoms with van der Waals surface area (Å²) in [7, 11) is -3.60. The lowest BCUT2D eigenvalue weighted by Crippen LogP contribution is -2.30. The molecule has 0 atom stereocenters. The molecule has 0 spiro atoms. The molecule has 0 saturated carbocycles. The van der Waals surface area contributed by atoms with Gasteiger partial charge >= 0.3 is 0 Å². The number of nitrogens with zero attached hydrogens (tertiary/aromatic N) is 1. The molecular weight excluding hydrogens is 400 g/mol. The normalized spacial score (nSPS) is 11.1.